The molecule has 4 aromatic carbocycles. The molecule has 5 aromatic rings. The summed E-state index contributed by atoms with van der Waals surface area (Å²) in [6.45, 7) is 0. The highest BCUT2D eigenvalue weighted by molar-refractivity contribution is 6.46. The summed E-state index contributed by atoms with van der Waals surface area (Å²) in [6.07, 6.45) is 0. The van der Waals surface area contributed by atoms with Crippen LogP contribution in [0.15, 0.2) is 89.7 Å². The van der Waals surface area contributed by atoms with Crippen molar-refractivity contribution in [2.45, 2.75) is 0 Å². The molecule has 4 nitrogen and oxygen atoms in total. The van der Waals surface area contributed by atoms with Gasteiger partial charge < -0.3 is 4.98 Å². The summed E-state index contributed by atoms with van der Waals surface area (Å²) < 4.78 is 0. The molecule has 0 unspecified atom stereocenters. The average molecular weight is 472 g/mol. The number of hydrogen-bond donors (Lipinski definition) is 1. The van der Waals surface area contributed by atoms with Gasteiger partial charge in [0.05, 0.1) is 15.6 Å². The molecule has 160 valence electrons. The van der Waals surface area contributed by atoms with Crippen LogP contribution in [0.5, 0.6) is 0 Å². The minimum atomic E-state index is -0.257. The molecule has 0 spiro atoms. The maximum atomic E-state index is 12.3. The number of carbonyl (C=O) groups excluding carboxylic acids is 2. The monoisotopic (exact) mass is 471 g/mol. The Balaban J connectivity index is 0.000000140. The van der Waals surface area contributed by atoms with Gasteiger partial charge in [-0.15, -0.1) is 0 Å². The second-order valence-corrected chi connectivity index (χ2v) is 8.32. The Morgan fingerprint density at radius 2 is 1.06 bits per heavy atom. The number of halogens is 2. The number of aromatic nitrogens is 1. The first-order valence-electron chi connectivity index (χ1n) is 10.1. The molecule has 33 heavy (non-hydrogen) atoms. The van der Waals surface area contributed by atoms with Gasteiger partial charge in [-0.05, 0) is 36.4 Å². The highest BCUT2D eigenvalue weighted by atomic mass is 35.5. The normalized spacial score (nSPS) is 12.2. The van der Waals surface area contributed by atoms with Gasteiger partial charge in [0.15, 0.2) is 17.0 Å². The molecule has 1 aliphatic rings. The average Bonchev–Trinajstić information content (AvgIpc) is 2.85. The highest BCUT2D eigenvalue weighted by Crippen LogP contribution is 2.35. The van der Waals surface area contributed by atoms with Crippen LogP contribution in [0, 0.1) is 0 Å². The molecular weight excluding hydrogens is 457 g/mol. The van der Waals surface area contributed by atoms with E-state index in [1.165, 1.54) is 6.07 Å². The first-order valence-corrected chi connectivity index (χ1v) is 10.9. The van der Waals surface area contributed by atoms with E-state index >= 15 is 0 Å². The Morgan fingerprint density at radius 1 is 0.545 bits per heavy atom. The van der Waals surface area contributed by atoms with Gasteiger partial charge in [-0.1, -0.05) is 71.7 Å². The van der Waals surface area contributed by atoms with Crippen molar-refractivity contribution in [3.8, 4) is 0 Å². The zero-order valence-electron chi connectivity index (χ0n) is 17.1. The van der Waals surface area contributed by atoms with Gasteiger partial charge in [0.25, 0.3) is 0 Å². The molecule has 0 bridgehead atoms. The molecule has 1 N–H and O–H groups in total. The molecule has 6 heteroatoms. The van der Waals surface area contributed by atoms with Crippen molar-refractivity contribution in [2.75, 3.05) is 0 Å². The fraction of sp³-hybridized carbons (Fsp3) is 0. The lowest BCUT2D eigenvalue weighted by atomic mass is 9.84. The number of nitrogens with one attached hydrogen (secondary N) is 1. The van der Waals surface area contributed by atoms with Crippen molar-refractivity contribution in [2.24, 2.45) is 0 Å². The maximum Gasteiger partial charge on any atom is 0.197 e. The molecule has 0 atom stereocenters. The van der Waals surface area contributed by atoms with Crippen LogP contribution in [-0.4, -0.2) is 16.6 Å². The van der Waals surface area contributed by atoms with E-state index in [1.54, 1.807) is 30.3 Å². The number of para-hydroxylation sites is 2. The van der Waals surface area contributed by atoms with Crippen molar-refractivity contribution in [1.29, 1.82) is 0 Å². The number of aromatic amines is 1. The van der Waals surface area contributed by atoms with Gasteiger partial charge in [0.2, 0.25) is 0 Å². The van der Waals surface area contributed by atoms with Crippen LogP contribution in [0.25, 0.3) is 21.8 Å². The largest absolute Gasteiger partial charge is 0.354 e. The summed E-state index contributed by atoms with van der Waals surface area (Å²) in [5, 5.41) is 1.91. The third-order valence-electron chi connectivity index (χ3n) is 5.60. The first-order chi connectivity index (χ1) is 16.0. The van der Waals surface area contributed by atoms with E-state index in [0.717, 1.165) is 21.8 Å². The van der Waals surface area contributed by atoms with Gasteiger partial charge in [-0.3, -0.25) is 14.4 Å². The molecule has 6 rings (SSSR count). The Kier molecular flexibility index (Phi) is 5.33. The first kappa shape index (κ1) is 21.1. The number of benzene rings is 4. The molecule has 1 aliphatic carbocycles. The Hall–Kier alpha value is -3.73. The summed E-state index contributed by atoms with van der Waals surface area (Å²) in [4.78, 5) is 39.9. The van der Waals surface area contributed by atoms with Crippen LogP contribution in [0.1, 0.15) is 31.8 Å². The predicted molar refractivity (Wildman–Crippen MR) is 132 cm³/mol. The van der Waals surface area contributed by atoms with Crippen LogP contribution in [0.4, 0.5) is 0 Å². The number of ketones is 2. The van der Waals surface area contributed by atoms with Gasteiger partial charge in [-0.25, -0.2) is 0 Å². The molecular formula is C27H15Cl2NO3. The van der Waals surface area contributed by atoms with E-state index in [-0.39, 0.29) is 32.6 Å². The van der Waals surface area contributed by atoms with Crippen LogP contribution in [0.3, 0.4) is 0 Å². The maximum absolute atomic E-state index is 12.3. The van der Waals surface area contributed by atoms with Crippen LogP contribution < -0.4 is 5.43 Å². The Bertz CT molecular complexity index is 1600. The summed E-state index contributed by atoms with van der Waals surface area (Å²) in [6, 6.07) is 24.9. The van der Waals surface area contributed by atoms with Crippen molar-refractivity contribution in [3.05, 3.63) is 127 Å². The number of hydrogen-bond acceptors (Lipinski definition) is 3. The summed E-state index contributed by atoms with van der Waals surface area (Å²) >= 11 is 11.9. The Morgan fingerprint density at radius 3 is 1.67 bits per heavy atom. The van der Waals surface area contributed by atoms with Crippen molar-refractivity contribution >= 4 is 56.6 Å². The number of fused-ring (bicyclic) bond motifs is 4. The predicted octanol–water partition coefficient (Wildman–Crippen LogP) is 6.45. The molecule has 0 saturated heterocycles. The third-order valence-corrected chi connectivity index (χ3v) is 6.40. The lowest BCUT2D eigenvalue weighted by Gasteiger charge is -2.18. The topological polar surface area (TPSA) is 67.0 Å². The van der Waals surface area contributed by atoms with Crippen LogP contribution in [-0.2, 0) is 0 Å². The summed E-state index contributed by atoms with van der Waals surface area (Å²) in [5.74, 6) is -0.452. The van der Waals surface area contributed by atoms with Gasteiger partial charge in [0.1, 0.15) is 0 Å². The standard InChI is InChI=1S/C14H6Cl2O2.C13H9NO/c15-10-6-5-9-11(12(10)16)14(18)8-4-2-1-3-7(8)13(9)17;15-13-9-5-1-3-7-11(9)14-12-8-4-2-6-10(12)13/h1-6H;1-8H,(H,14,15). The fourth-order valence-electron chi connectivity index (χ4n) is 3.99. The summed E-state index contributed by atoms with van der Waals surface area (Å²) in [5.41, 5.74) is 3.18. The van der Waals surface area contributed by atoms with E-state index in [1.807, 2.05) is 48.5 Å². The molecule has 0 radical (unpaired) electrons. The minimum Gasteiger partial charge on any atom is -0.354 e. The van der Waals surface area contributed by atoms with E-state index in [2.05, 4.69) is 4.98 Å². The number of rotatable bonds is 0. The SMILES string of the molecule is O=C1c2ccccc2C(=O)c2c1ccc(Cl)c2Cl.O=c1c2ccccc2[nH]c2ccccc12. The quantitative estimate of drug-likeness (QED) is 0.259. The molecule has 0 aliphatic heterocycles. The van der Waals surface area contributed by atoms with Gasteiger partial charge in [-0.2, -0.15) is 0 Å². The van der Waals surface area contributed by atoms with Crippen LogP contribution >= 0.6 is 23.2 Å². The zero-order chi connectivity index (χ0) is 23.1. The second-order valence-electron chi connectivity index (χ2n) is 7.53. The van der Waals surface area contributed by atoms with E-state index in [9.17, 15) is 14.4 Å². The zero-order valence-corrected chi connectivity index (χ0v) is 18.6. The molecule has 0 fully saturated rings. The van der Waals surface area contributed by atoms with Crippen molar-refractivity contribution in [1.82, 2.24) is 4.98 Å². The second kappa shape index (κ2) is 8.32. The summed E-state index contributed by atoms with van der Waals surface area (Å²) in [7, 11) is 0. The molecule has 0 amide bonds. The third kappa shape index (κ3) is 3.54. The highest BCUT2D eigenvalue weighted by Gasteiger charge is 2.31. The smallest absolute Gasteiger partial charge is 0.197 e. The fourth-order valence-corrected chi connectivity index (χ4v) is 4.40. The number of pyridine rings is 1. The minimum absolute atomic E-state index is 0.0972. The van der Waals surface area contributed by atoms with Crippen LogP contribution in [0.2, 0.25) is 10.0 Å². The molecule has 1 heterocycles. The van der Waals surface area contributed by atoms with Gasteiger partial charge in [0, 0.05) is 38.5 Å². The number of H-pyrrole nitrogens is 1. The van der Waals surface area contributed by atoms with E-state index in [4.69, 9.17) is 23.2 Å². The number of carbonyl (C=O) groups is 2. The van der Waals surface area contributed by atoms with Crippen molar-refractivity contribution < 1.29 is 9.59 Å². The Labute approximate surface area is 198 Å². The van der Waals surface area contributed by atoms with Crippen molar-refractivity contribution in [3.63, 3.8) is 0 Å². The lowest BCUT2D eigenvalue weighted by molar-refractivity contribution is 0.0979. The molecule has 0 saturated carbocycles. The van der Waals surface area contributed by atoms with Gasteiger partial charge >= 0.3 is 0 Å². The van der Waals surface area contributed by atoms with E-state index < -0.39 is 0 Å². The van der Waals surface area contributed by atoms with E-state index in [0.29, 0.717) is 16.7 Å². The molecule has 1 aromatic heterocycles. The lowest BCUT2D eigenvalue weighted by Crippen LogP contribution is -2.21.